The number of fused-ring (bicyclic) bond motifs is 1. The molecule has 1 aromatic rings. The van der Waals surface area contributed by atoms with E-state index in [1.807, 2.05) is 0 Å². The Kier molecular flexibility index (Phi) is 2.71. The highest BCUT2D eigenvalue weighted by Crippen LogP contribution is 2.54. The Balaban J connectivity index is 2.39. The van der Waals surface area contributed by atoms with E-state index in [1.165, 1.54) is 13.0 Å². The van der Waals surface area contributed by atoms with E-state index in [-0.39, 0.29) is 5.75 Å². The number of esters is 1. The first-order valence-corrected chi connectivity index (χ1v) is 5.94. The summed E-state index contributed by atoms with van der Waals surface area (Å²) in [6.07, 6.45) is -1.21. The number of para-hydroxylation sites is 1. The van der Waals surface area contributed by atoms with Crippen LogP contribution in [0.5, 0.6) is 5.75 Å². The SMILES string of the molecule is CC(=O)OC1OP(=O)(O)Oc2ccccc21. The average molecular weight is 244 g/mol. The lowest BCUT2D eigenvalue weighted by Gasteiger charge is -2.27. The van der Waals surface area contributed by atoms with Gasteiger partial charge in [-0.05, 0) is 12.1 Å². The van der Waals surface area contributed by atoms with Crippen molar-refractivity contribution in [1.82, 2.24) is 0 Å². The minimum absolute atomic E-state index is 0.172. The van der Waals surface area contributed by atoms with E-state index in [0.717, 1.165) is 0 Å². The second-order valence-electron chi connectivity index (χ2n) is 3.14. The molecule has 0 spiro atoms. The normalized spacial score (nSPS) is 27.8. The van der Waals surface area contributed by atoms with E-state index in [9.17, 15) is 14.3 Å². The molecule has 0 aliphatic carbocycles. The zero-order chi connectivity index (χ0) is 11.8. The van der Waals surface area contributed by atoms with E-state index in [1.54, 1.807) is 18.2 Å². The molecule has 0 aromatic heterocycles. The van der Waals surface area contributed by atoms with Crippen LogP contribution in [0.2, 0.25) is 0 Å². The first-order chi connectivity index (χ1) is 7.48. The smallest absolute Gasteiger partial charge is 0.431 e. The molecule has 0 radical (unpaired) electrons. The largest absolute Gasteiger partial charge is 0.530 e. The van der Waals surface area contributed by atoms with Gasteiger partial charge in [-0.1, -0.05) is 12.1 Å². The Hall–Kier alpha value is -1.36. The van der Waals surface area contributed by atoms with Crippen LogP contribution >= 0.6 is 7.82 Å². The van der Waals surface area contributed by atoms with E-state index >= 15 is 0 Å². The molecule has 2 unspecified atom stereocenters. The molecule has 1 aromatic carbocycles. The van der Waals surface area contributed by atoms with Gasteiger partial charge in [-0.25, -0.2) is 9.09 Å². The third-order valence-corrected chi connectivity index (χ3v) is 2.77. The van der Waals surface area contributed by atoms with Gasteiger partial charge in [0.25, 0.3) is 0 Å². The van der Waals surface area contributed by atoms with Gasteiger partial charge >= 0.3 is 13.8 Å². The van der Waals surface area contributed by atoms with Crippen LogP contribution in [0.15, 0.2) is 24.3 Å². The minimum atomic E-state index is -4.21. The van der Waals surface area contributed by atoms with Crippen LogP contribution in [0.1, 0.15) is 18.8 Å². The fourth-order valence-corrected chi connectivity index (χ4v) is 2.17. The third kappa shape index (κ3) is 2.24. The van der Waals surface area contributed by atoms with Gasteiger partial charge < -0.3 is 9.26 Å². The Labute approximate surface area is 91.4 Å². The van der Waals surface area contributed by atoms with Gasteiger partial charge in [-0.2, -0.15) is 0 Å². The average Bonchev–Trinajstić information content (AvgIpc) is 2.14. The highest BCUT2D eigenvalue weighted by atomic mass is 31.2. The summed E-state index contributed by atoms with van der Waals surface area (Å²) in [6, 6.07) is 6.39. The molecule has 0 fully saturated rings. The maximum absolute atomic E-state index is 11.3. The number of carbonyl (C=O) groups excluding carboxylic acids is 1. The topological polar surface area (TPSA) is 82.1 Å². The molecule has 86 valence electrons. The molecule has 0 saturated carbocycles. The highest BCUT2D eigenvalue weighted by molar-refractivity contribution is 7.47. The minimum Gasteiger partial charge on any atom is -0.431 e. The summed E-state index contributed by atoms with van der Waals surface area (Å²) in [5.41, 5.74) is 0.401. The molecule has 6 nitrogen and oxygen atoms in total. The summed E-state index contributed by atoms with van der Waals surface area (Å²) < 4.78 is 25.5. The predicted molar refractivity (Wildman–Crippen MR) is 52.5 cm³/mol. The lowest BCUT2D eigenvalue weighted by molar-refractivity contribution is -0.165. The number of phosphoric acid groups is 1. The van der Waals surface area contributed by atoms with Crippen molar-refractivity contribution in [2.75, 3.05) is 0 Å². The lowest BCUT2D eigenvalue weighted by atomic mass is 10.2. The molecular weight excluding hydrogens is 235 g/mol. The van der Waals surface area contributed by atoms with Gasteiger partial charge in [-0.3, -0.25) is 9.69 Å². The molecule has 1 aliphatic heterocycles. The molecule has 7 heteroatoms. The van der Waals surface area contributed by atoms with E-state index in [4.69, 9.17) is 9.26 Å². The molecule has 0 saturated heterocycles. The van der Waals surface area contributed by atoms with Crippen molar-refractivity contribution < 1.29 is 28.0 Å². The summed E-state index contributed by atoms with van der Waals surface area (Å²) in [4.78, 5) is 20.0. The molecular formula is C9H9O6P. The van der Waals surface area contributed by atoms with Gasteiger partial charge in [-0.15, -0.1) is 0 Å². The number of rotatable bonds is 1. The number of ether oxygens (including phenoxy) is 1. The summed E-state index contributed by atoms with van der Waals surface area (Å²) in [6.45, 7) is 1.18. The van der Waals surface area contributed by atoms with E-state index in [0.29, 0.717) is 5.56 Å². The van der Waals surface area contributed by atoms with Crippen LogP contribution in [-0.2, 0) is 18.6 Å². The lowest BCUT2D eigenvalue weighted by Crippen LogP contribution is -2.17. The van der Waals surface area contributed by atoms with Crippen molar-refractivity contribution in [3.8, 4) is 5.75 Å². The van der Waals surface area contributed by atoms with Gasteiger partial charge in [0.1, 0.15) is 5.75 Å². The number of carbonyl (C=O) groups is 1. The molecule has 1 N–H and O–H groups in total. The molecule has 16 heavy (non-hydrogen) atoms. The number of hydrogen-bond acceptors (Lipinski definition) is 5. The summed E-state index contributed by atoms with van der Waals surface area (Å²) in [5, 5.41) is 0. The van der Waals surface area contributed by atoms with Crippen LogP contribution in [0.25, 0.3) is 0 Å². The zero-order valence-corrected chi connectivity index (χ0v) is 9.22. The molecule has 0 bridgehead atoms. The van der Waals surface area contributed by atoms with Crippen molar-refractivity contribution in [3.05, 3.63) is 29.8 Å². The van der Waals surface area contributed by atoms with Crippen LogP contribution in [0.3, 0.4) is 0 Å². The van der Waals surface area contributed by atoms with E-state index < -0.39 is 20.1 Å². The second kappa shape index (κ2) is 3.90. The molecule has 0 amide bonds. The molecule has 1 aliphatic rings. The Bertz CT molecular complexity index is 471. The quantitative estimate of drug-likeness (QED) is 0.598. The van der Waals surface area contributed by atoms with Gasteiger partial charge in [0.05, 0.1) is 5.56 Å². The maximum atomic E-state index is 11.3. The monoisotopic (exact) mass is 244 g/mol. The standard InChI is InChI=1S/C9H9O6P/c1-6(10)13-9-7-4-2-3-5-8(7)14-16(11,12)15-9/h2-5,9H,1H3,(H,11,12). The van der Waals surface area contributed by atoms with Crippen molar-refractivity contribution in [2.24, 2.45) is 0 Å². The second-order valence-corrected chi connectivity index (χ2v) is 4.47. The molecule has 2 atom stereocenters. The van der Waals surface area contributed by atoms with Gasteiger partial charge in [0, 0.05) is 6.92 Å². The van der Waals surface area contributed by atoms with Crippen LogP contribution in [0, 0.1) is 0 Å². The van der Waals surface area contributed by atoms with Crippen molar-refractivity contribution >= 4 is 13.8 Å². The summed E-state index contributed by atoms with van der Waals surface area (Å²) >= 11 is 0. The Morgan fingerprint density at radius 2 is 2.19 bits per heavy atom. The van der Waals surface area contributed by atoms with Crippen LogP contribution < -0.4 is 4.52 Å². The third-order valence-electron chi connectivity index (χ3n) is 1.89. The van der Waals surface area contributed by atoms with Crippen molar-refractivity contribution in [3.63, 3.8) is 0 Å². The number of phosphoric ester groups is 1. The Morgan fingerprint density at radius 3 is 2.88 bits per heavy atom. The fraction of sp³-hybridized carbons (Fsp3) is 0.222. The summed E-state index contributed by atoms with van der Waals surface area (Å²) in [7, 11) is -4.21. The zero-order valence-electron chi connectivity index (χ0n) is 8.32. The number of benzene rings is 1. The first-order valence-electron chi connectivity index (χ1n) is 4.45. The van der Waals surface area contributed by atoms with Crippen molar-refractivity contribution in [2.45, 2.75) is 13.2 Å². The summed E-state index contributed by atoms with van der Waals surface area (Å²) in [5.74, 6) is -0.437. The predicted octanol–water partition coefficient (Wildman–Crippen LogP) is 1.76. The highest BCUT2D eigenvalue weighted by Gasteiger charge is 2.38. The van der Waals surface area contributed by atoms with Gasteiger partial charge in [0.2, 0.25) is 6.29 Å². The van der Waals surface area contributed by atoms with Crippen molar-refractivity contribution in [1.29, 1.82) is 0 Å². The van der Waals surface area contributed by atoms with Crippen LogP contribution in [0.4, 0.5) is 0 Å². The van der Waals surface area contributed by atoms with Gasteiger partial charge in [0.15, 0.2) is 0 Å². The Morgan fingerprint density at radius 1 is 1.50 bits per heavy atom. The first kappa shape index (κ1) is 11.1. The molecule has 1 heterocycles. The fourth-order valence-electron chi connectivity index (χ4n) is 1.32. The number of hydrogen-bond donors (Lipinski definition) is 1. The molecule has 2 rings (SSSR count). The van der Waals surface area contributed by atoms with E-state index in [2.05, 4.69) is 4.52 Å². The van der Waals surface area contributed by atoms with Crippen LogP contribution in [-0.4, -0.2) is 10.9 Å². The maximum Gasteiger partial charge on any atom is 0.530 e.